The van der Waals surface area contributed by atoms with Crippen molar-refractivity contribution in [3.8, 4) is 0 Å². The van der Waals surface area contributed by atoms with Crippen molar-refractivity contribution in [1.82, 2.24) is 5.48 Å². The molecular formula is C9H14ClNO4. The number of ether oxygens (including phenoxy) is 1. The van der Waals surface area contributed by atoms with Crippen molar-refractivity contribution in [2.45, 2.75) is 33.3 Å². The standard InChI is InChI=1S/C9H14ClNO4/c1-5-6(10)7(12)15-11-8(13)14-9(2,3)4/h5H,1-4H3,(H,11,13). The van der Waals surface area contributed by atoms with E-state index in [1.165, 1.54) is 6.08 Å². The van der Waals surface area contributed by atoms with Crippen molar-refractivity contribution in [2.24, 2.45) is 0 Å². The van der Waals surface area contributed by atoms with Crippen LogP contribution in [0.1, 0.15) is 27.7 Å². The van der Waals surface area contributed by atoms with Crippen molar-refractivity contribution in [1.29, 1.82) is 0 Å². The Balaban J connectivity index is 3.98. The molecule has 0 spiro atoms. The fourth-order valence-corrected chi connectivity index (χ4v) is 0.592. The molecule has 15 heavy (non-hydrogen) atoms. The van der Waals surface area contributed by atoms with Crippen LogP contribution in [0.15, 0.2) is 11.1 Å². The summed E-state index contributed by atoms with van der Waals surface area (Å²) in [7, 11) is 0. The Morgan fingerprint density at radius 2 is 1.87 bits per heavy atom. The van der Waals surface area contributed by atoms with Gasteiger partial charge < -0.3 is 9.57 Å². The maximum atomic E-state index is 11.0. The average Bonchev–Trinajstić information content (AvgIpc) is 2.10. The topological polar surface area (TPSA) is 64.6 Å². The lowest BCUT2D eigenvalue weighted by Crippen LogP contribution is -2.34. The molecule has 1 amide bonds. The van der Waals surface area contributed by atoms with E-state index in [2.05, 4.69) is 4.84 Å². The lowest BCUT2D eigenvalue weighted by atomic mass is 10.2. The number of hydroxylamine groups is 1. The molecule has 6 heteroatoms. The van der Waals surface area contributed by atoms with Gasteiger partial charge in [0, 0.05) is 0 Å². The number of nitrogens with one attached hydrogen (secondary N) is 1. The quantitative estimate of drug-likeness (QED) is 0.559. The van der Waals surface area contributed by atoms with Crippen LogP contribution in [0.5, 0.6) is 0 Å². The van der Waals surface area contributed by atoms with Gasteiger partial charge >= 0.3 is 12.1 Å². The Morgan fingerprint density at radius 1 is 1.33 bits per heavy atom. The van der Waals surface area contributed by atoms with Crippen LogP contribution in [0.25, 0.3) is 0 Å². The number of carbonyl (C=O) groups excluding carboxylic acids is 2. The van der Waals surface area contributed by atoms with Gasteiger partial charge in [-0.25, -0.2) is 9.59 Å². The number of carbonyl (C=O) groups is 2. The van der Waals surface area contributed by atoms with E-state index in [9.17, 15) is 9.59 Å². The minimum atomic E-state index is -0.851. The second-order valence-electron chi connectivity index (χ2n) is 3.63. The summed E-state index contributed by atoms with van der Waals surface area (Å²) in [5.74, 6) is -0.843. The predicted molar refractivity (Wildman–Crippen MR) is 55.1 cm³/mol. The molecule has 0 bridgehead atoms. The van der Waals surface area contributed by atoms with Crippen molar-refractivity contribution < 1.29 is 19.2 Å². The fourth-order valence-electron chi connectivity index (χ4n) is 0.554. The molecule has 0 atom stereocenters. The molecule has 5 nitrogen and oxygen atoms in total. The molecule has 0 aromatic rings. The maximum Gasteiger partial charge on any atom is 0.441 e. The highest BCUT2D eigenvalue weighted by Crippen LogP contribution is 2.07. The van der Waals surface area contributed by atoms with Crippen LogP contribution in [0.4, 0.5) is 4.79 Å². The molecular weight excluding hydrogens is 222 g/mol. The maximum absolute atomic E-state index is 11.0. The van der Waals surface area contributed by atoms with Crippen molar-refractivity contribution >= 4 is 23.7 Å². The number of rotatable bonds is 1. The zero-order valence-electron chi connectivity index (χ0n) is 9.09. The molecule has 0 aliphatic heterocycles. The third-order valence-electron chi connectivity index (χ3n) is 1.07. The van der Waals surface area contributed by atoms with Crippen LogP contribution in [-0.2, 0) is 14.4 Å². The number of hydrogen-bond acceptors (Lipinski definition) is 4. The molecule has 0 unspecified atom stereocenters. The summed E-state index contributed by atoms with van der Waals surface area (Å²) < 4.78 is 4.81. The Morgan fingerprint density at radius 3 is 2.27 bits per heavy atom. The number of halogens is 1. The largest absolute Gasteiger partial charge is 0.442 e. The van der Waals surface area contributed by atoms with Gasteiger partial charge in [0.2, 0.25) is 0 Å². The molecule has 0 aliphatic carbocycles. The van der Waals surface area contributed by atoms with Gasteiger partial charge in [0.25, 0.3) is 0 Å². The van der Waals surface area contributed by atoms with Crippen LogP contribution in [0.2, 0.25) is 0 Å². The van der Waals surface area contributed by atoms with E-state index < -0.39 is 17.7 Å². The molecule has 0 aliphatic rings. The molecule has 0 aromatic heterocycles. The molecule has 1 N–H and O–H groups in total. The summed E-state index contributed by atoms with van der Waals surface area (Å²) in [6, 6.07) is 0. The molecule has 0 rings (SSSR count). The summed E-state index contributed by atoms with van der Waals surface area (Å²) in [4.78, 5) is 26.3. The van der Waals surface area contributed by atoms with Crippen molar-refractivity contribution in [2.75, 3.05) is 0 Å². The first-order valence-electron chi connectivity index (χ1n) is 4.28. The smallest absolute Gasteiger partial charge is 0.441 e. The van der Waals surface area contributed by atoms with Crippen LogP contribution in [0, 0.1) is 0 Å². The van der Waals surface area contributed by atoms with Gasteiger partial charge in [-0.3, -0.25) is 0 Å². The van der Waals surface area contributed by atoms with Crippen LogP contribution in [-0.4, -0.2) is 17.7 Å². The van der Waals surface area contributed by atoms with E-state index in [0.29, 0.717) is 0 Å². The summed E-state index contributed by atoms with van der Waals surface area (Å²) in [5.41, 5.74) is 1.17. The first kappa shape index (κ1) is 13.8. The number of amides is 1. The molecule has 86 valence electrons. The van der Waals surface area contributed by atoms with Gasteiger partial charge in [0.05, 0.1) is 0 Å². The van der Waals surface area contributed by atoms with E-state index in [1.54, 1.807) is 27.7 Å². The van der Waals surface area contributed by atoms with Gasteiger partial charge in [0.1, 0.15) is 10.6 Å². The lowest BCUT2D eigenvalue weighted by molar-refractivity contribution is -0.144. The van der Waals surface area contributed by atoms with Crippen molar-refractivity contribution in [3.63, 3.8) is 0 Å². The third-order valence-corrected chi connectivity index (χ3v) is 1.45. The first-order valence-corrected chi connectivity index (χ1v) is 4.66. The molecule has 0 radical (unpaired) electrons. The zero-order chi connectivity index (χ0) is 12.1. The minimum absolute atomic E-state index is 0.119. The minimum Gasteiger partial charge on any atom is -0.442 e. The molecule has 0 heterocycles. The summed E-state index contributed by atoms with van der Waals surface area (Å²) in [6.07, 6.45) is 0.497. The fraction of sp³-hybridized carbons (Fsp3) is 0.556. The van der Waals surface area contributed by atoms with Crippen LogP contribution < -0.4 is 5.48 Å². The van der Waals surface area contributed by atoms with Crippen LogP contribution in [0.3, 0.4) is 0 Å². The second-order valence-corrected chi connectivity index (χ2v) is 4.04. The first-order chi connectivity index (χ1) is 6.76. The SMILES string of the molecule is CC=C(Cl)C(=O)ONC(=O)OC(C)(C)C. The Kier molecular flexibility index (Phi) is 5.14. The highest BCUT2D eigenvalue weighted by molar-refractivity contribution is 6.41. The Hall–Kier alpha value is -1.23. The number of allylic oxidation sites excluding steroid dienone is 1. The normalized spacial score (nSPS) is 11.9. The highest BCUT2D eigenvalue weighted by Gasteiger charge is 2.17. The van der Waals surface area contributed by atoms with E-state index >= 15 is 0 Å². The van der Waals surface area contributed by atoms with Gasteiger partial charge in [-0.2, -0.15) is 0 Å². The van der Waals surface area contributed by atoms with Crippen molar-refractivity contribution in [3.05, 3.63) is 11.1 Å². The van der Waals surface area contributed by atoms with E-state index in [-0.39, 0.29) is 5.03 Å². The predicted octanol–water partition coefficient (Wildman–Crippen LogP) is 2.11. The summed E-state index contributed by atoms with van der Waals surface area (Å²) in [5, 5.41) is -0.119. The second kappa shape index (κ2) is 5.60. The van der Waals surface area contributed by atoms with Gasteiger partial charge in [-0.05, 0) is 27.7 Å². The monoisotopic (exact) mass is 235 g/mol. The summed E-state index contributed by atoms with van der Waals surface area (Å²) in [6.45, 7) is 6.63. The Bertz CT molecular complexity index is 280. The van der Waals surface area contributed by atoms with E-state index in [4.69, 9.17) is 16.3 Å². The zero-order valence-corrected chi connectivity index (χ0v) is 9.84. The Labute approximate surface area is 93.3 Å². The average molecular weight is 236 g/mol. The number of hydrogen-bond donors (Lipinski definition) is 1. The van der Waals surface area contributed by atoms with E-state index in [0.717, 1.165) is 0 Å². The molecule has 0 saturated heterocycles. The lowest BCUT2D eigenvalue weighted by Gasteiger charge is -2.19. The molecule has 0 saturated carbocycles. The van der Waals surface area contributed by atoms with E-state index in [1.807, 2.05) is 5.48 Å². The van der Waals surface area contributed by atoms with Gasteiger partial charge in [0.15, 0.2) is 0 Å². The third kappa shape index (κ3) is 6.79. The molecule has 0 fully saturated rings. The van der Waals surface area contributed by atoms with Gasteiger partial charge in [-0.15, -0.1) is 5.48 Å². The highest BCUT2D eigenvalue weighted by atomic mass is 35.5. The van der Waals surface area contributed by atoms with Gasteiger partial charge in [-0.1, -0.05) is 17.7 Å². The molecule has 0 aromatic carbocycles. The summed E-state index contributed by atoms with van der Waals surface area (Å²) >= 11 is 5.43. The van der Waals surface area contributed by atoms with Crippen LogP contribution >= 0.6 is 11.6 Å².